The molecule has 0 saturated carbocycles. The van der Waals surface area contributed by atoms with Gasteiger partial charge in [-0.15, -0.1) is 0 Å². The van der Waals surface area contributed by atoms with E-state index in [0.717, 1.165) is 34.6 Å². The third kappa shape index (κ3) is 6.02. The molecule has 0 unspecified atom stereocenters. The third-order valence-corrected chi connectivity index (χ3v) is 4.56. The predicted octanol–water partition coefficient (Wildman–Crippen LogP) is 4.98. The Morgan fingerprint density at radius 1 is 1.04 bits per heavy atom. The molecule has 1 amide bonds. The summed E-state index contributed by atoms with van der Waals surface area (Å²) in [5, 5.41) is 3.15. The minimum Gasteiger partial charge on any atom is -0.497 e. The molecule has 0 aliphatic carbocycles. The fourth-order valence-corrected chi connectivity index (χ4v) is 2.95. The lowest BCUT2D eigenvalue weighted by Crippen LogP contribution is -2.39. The summed E-state index contributed by atoms with van der Waals surface area (Å²) in [6, 6.07) is 13.8. The van der Waals surface area contributed by atoms with Crippen molar-refractivity contribution in [1.82, 2.24) is 5.32 Å². The zero-order chi connectivity index (χ0) is 20.0. The number of carbonyl (C=O) groups excluding carboxylic acids is 1. The first-order valence-electron chi connectivity index (χ1n) is 9.48. The number of methoxy groups -OCH3 is 1. The first-order valence-corrected chi connectivity index (χ1v) is 9.48. The van der Waals surface area contributed by atoms with Crippen LogP contribution < -0.4 is 14.8 Å². The number of carbonyl (C=O) groups is 1. The Kier molecular flexibility index (Phi) is 7.28. The quantitative estimate of drug-likeness (QED) is 0.714. The number of hydrogen-bond donors (Lipinski definition) is 1. The number of hydrogen-bond acceptors (Lipinski definition) is 3. The molecule has 4 nitrogen and oxygen atoms in total. The Labute approximate surface area is 162 Å². The van der Waals surface area contributed by atoms with Crippen LogP contribution >= 0.6 is 0 Å². The van der Waals surface area contributed by atoms with Crippen LogP contribution in [0.2, 0.25) is 0 Å². The van der Waals surface area contributed by atoms with E-state index in [9.17, 15) is 4.79 Å². The van der Waals surface area contributed by atoms with Gasteiger partial charge in [0.05, 0.1) is 13.2 Å². The molecule has 0 saturated heterocycles. The van der Waals surface area contributed by atoms with Gasteiger partial charge in [0.2, 0.25) is 0 Å². The number of ether oxygens (including phenoxy) is 2. The van der Waals surface area contributed by atoms with Crippen LogP contribution in [0.5, 0.6) is 11.5 Å². The fourth-order valence-electron chi connectivity index (χ4n) is 2.95. The maximum atomic E-state index is 12.8. The van der Waals surface area contributed by atoms with E-state index < -0.39 is 6.10 Å². The van der Waals surface area contributed by atoms with Crippen LogP contribution in [0.15, 0.2) is 42.5 Å². The van der Waals surface area contributed by atoms with Crippen molar-refractivity contribution in [2.45, 2.75) is 53.2 Å². The maximum Gasteiger partial charge on any atom is 0.261 e. The van der Waals surface area contributed by atoms with E-state index in [1.807, 2.05) is 56.3 Å². The van der Waals surface area contributed by atoms with Crippen molar-refractivity contribution in [3.8, 4) is 11.5 Å². The van der Waals surface area contributed by atoms with Gasteiger partial charge in [0.1, 0.15) is 11.5 Å². The molecule has 4 heteroatoms. The molecule has 0 fully saturated rings. The fraction of sp³-hybridized carbons (Fsp3) is 0.435. The lowest BCUT2D eigenvalue weighted by Gasteiger charge is -2.24. The molecule has 0 aromatic heterocycles. The molecule has 0 aliphatic heterocycles. The summed E-state index contributed by atoms with van der Waals surface area (Å²) < 4.78 is 11.2. The second-order valence-electron chi connectivity index (χ2n) is 7.49. The Hall–Kier alpha value is -2.49. The lowest BCUT2D eigenvalue weighted by molar-refractivity contribution is -0.128. The molecule has 0 bridgehead atoms. The van der Waals surface area contributed by atoms with Gasteiger partial charge in [0.15, 0.2) is 6.10 Å². The van der Waals surface area contributed by atoms with E-state index in [1.165, 1.54) is 0 Å². The molecule has 0 aliphatic rings. The van der Waals surface area contributed by atoms with Crippen molar-refractivity contribution in [2.75, 3.05) is 7.11 Å². The molecule has 2 aromatic rings. The van der Waals surface area contributed by atoms with Gasteiger partial charge in [-0.2, -0.15) is 0 Å². The molecule has 27 heavy (non-hydrogen) atoms. The van der Waals surface area contributed by atoms with Crippen LogP contribution in [0.4, 0.5) is 0 Å². The Balaban J connectivity index is 2.10. The first-order chi connectivity index (χ1) is 12.8. The van der Waals surface area contributed by atoms with Crippen LogP contribution in [0.25, 0.3) is 0 Å². The minimum atomic E-state index is -0.571. The molecule has 2 aromatic carbocycles. The molecule has 0 radical (unpaired) electrons. The highest BCUT2D eigenvalue weighted by molar-refractivity contribution is 5.81. The number of amides is 1. The highest BCUT2D eigenvalue weighted by Crippen LogP contribution is 2.25. The van der Waals surface area contributed by atoms with Crippen LogP contribution in [-0.2, 0) is 4.79 Å². The number of rotatable bonds is 8. The van der Waals surface area contributed by atoms with E-state index >= 15 is 0 Å². The van der Waals surface area contributed by atoms with Crippen molar-refractivity contribution < 1.29 is 14.3 Å². The summed E-state index contributed by atoms with van der Waals surface area (Å²) in [6.45, 7) is 10.1. The zero-order valence-electron chi connectivity index (χ0n) is 17.2. The van der Waals surface area contributed by atoms with Gasteiger partial charge in [-0.3, -0.25) is 4.79 Å². The number of aryl methyl sites for hydroxylation is 2. The summed E-state index contributed by atoms with van der Waals surface area (Å²) in [5.74, 6) is 1.90. The highest BCUT2D eigenvalue weighted by atomic mass is 16.5. The van der Waals surface area contributed by atoms with E-state index in [4.69, 9.17) is 9.47 Å². The van der Waals surface area contributed by atoms with Crippen molar-refractivity contribution in [3.05, 3.63) is 59.2 Å². The van der Waals surface area contributed by atoms with Crippen molar-refractivity contribution >= 4 is 5.91 Å². The summed E-state index contributed by atoms with van der Waals surface area (Å²) in [5.41, 5.74) is 3.20. The Morgan fingerprint density at radius 3 is 2.30 bits per heavy atom. The second-order valence-corrected chi connectivity index (χ2v) is 7.49. The van der Waals surface area contributed by atoms with Crippen molar-refractivity contribution in [3.63, 3.8) is 0 Å². The van der Waals surface area contributed by atoms with Crippen LogP contribution in [-0.4, -0.2) is 19.1 Å². The van der Waals surface area contributed by atoms with Gasteiger partial charge in [0, 0.05) is 0 Å². The largest absolute Gasteiger partial charge is 0.497 e. The van der Waals surface area contributed by atoms with Crippen molar-refractivity contribution in [2.24, 2.45) is 5.92 Å². The second kappa shape index (κ2) is 9.45. The van der Waals surface area contributed by atoms with Gasteiger partial charge < -0.3 is 14.8 Å². The van der Waals surface area contributed by atoms with Crippen LogP contribution in [0.1, 0.15) is 49.9 Å². The molecular weight excluding hydrogens is 338 g/mol. The van der Waals surface area contributed by atoms with E-state index in [1.54, 1.807) is 14.0 Å². The maximum absolute atomic E-state index is 12.8. The Bertz CT molecular complexity index is 753. The van der Waals surface area contributed by atoms with Gasteiger partial charge in [-0.1, -0.05) is 38.1 Å². The SMILES string of the molecule is COc1ccc([C@H](CC(C)C)NC(=O)[C@@H](C)Oc2cc(C)ccc2C)cc1. The summed E-state index contributed by atoms with van der Waals surface area (Å²) in [6.07, 6.45) is 0.285. The molecular formula is C23H31NO3. The number of benzene rings is 2. The average molecular weight is 370 g/mol. The molecule has 0 spiro atoms. The first kappa shape index (κ1) is 20.8. The van der Waals surface area contributed by atoms with E-state index in [0.29, 0.717) is 5.92 Å². The Morgan fingerprint density at radius 2 is 1.70 bits per heavy atom. The summed E-state index contributed by atoms with van der Waals surface area (Å²) in [4.78, 5) is 12.8. The molecule has 2 rings (SSSR count). The van der Waals surface area contributed by atoms with Gasteiger partial charge in [-0.05, 0) is 68.0 Å². The lowest BCUT2D eigenvalue weighted by atomic mass is 9.96. The normalized spacial score (nSPS) is 13.1. The average Bonchev–Trinajstić information content (AvgIpc) is 2.63. The van der Waals surface area contributed by atoms with Crippen molar-refractivity contribution in [1.29, 1.82) is 0 Å². The molecule has 146 valence electrons. The third-order valence-electron chi connectivity index (χ3n) is 4.56. The van der Waals surface area contributed by atoms with Crippen LogP contribution in [0, 0.1) is 19.8 Å². The van der Waals surface area contributed by atoms with E-state index in [2.05, 4.69) is 19.2 Å². The summed E-state index contributed by atoms with van der Waals surface area (Å²) >= 11 is 0. The molecule has 1 N–H and O–H groups in total. The highest BCUT2D eigenvalue weighted by Gasteiger charge is 2.21. The van der Waals surface area contributed by atoms with E-state index in [-0.39, 0.29) is 11.9 Å². The smallest absolute Gasteiger partial charge is 0.261 e. The zero-order valence-corrected chi connectivity index (χ0v) is 17.2. The summed E-state index contributed by atoms with van der Waals surface area (Å²) in [7, 11) is 1.65. The molecule has 2 atom stereocenters. The van der Waals surface area contributed by atoms with Crippen LogP contribution in [0.3, 0.4) is 0 Å². The number of nitrogens with one attached hydrogen (secondary N) is 1. The van der Waals surface area contributed by atoms with Gasteiger partial charge in [-0.25, -0.2) is 0 Å². The monoisotopic (exact) mass is 369 g/mol. The predicted molar refractivity (Wildman–Crippen MR) is 109 cm³/mol. The van der Waals surface area contributed by atoms with Gasteiger partial charge >= 0.3 is 0 Å². The standard InChI is InChI=1S/C23H31NO3/c1-15(2)13-21(19-9-11-20(26-6)12-10-19)24-23(25)18(5)27-22-14-16(3)7-8-17(22)4/h7-12,14-15,18,21H,13H2,1-6H3,(H,24,25)/t18-,21+/m1/s1. The molecule has 0 heterocycles. The topological polar surface area (TPSA) is 47.6 Å². The van der Waals surface area contributed by atoms with Gasteiger partial charge in [0.25, 0.3) is 5.91 Å². The minimum absolute atomic E-state index is 0.0620.